The topological polar surface area (TPSA) is 172 Å². The van der Waals surface area contributed by atoms with E-state index in [0.717, 1.165) is 36.4 Å². The Morgan fingerprint density at radius 1 is 0.471 bits per heavy atom. The second-order valence-corrected chi connectivity index (χ2v) is 15.0. The van der Waals surface area contributed by atoms with Crippen LogP contribution in [0, 0.1) is 0 Å². The average Bonchev–Trinajstić information content (AvgIpc) is 2.67. The second-order valence-electron chi connectivity index (χ2n) is 6.19. The van der Waals surface area contributed by atoms with Gasteiger partial charge in [0.1, 0.15) is 0 Å². The number of benzene rings is 3. The first kappa shape index (κ1) is 34.9. The molecule has 3 rings (SSSR count). The van der Waals surface area contributed by atoms with Crippen LogP contribution in [0.25, 0.3) is 0 Å². The van der Waals surface area contributed by atoms with Crippen LogP contribution in [0.15, 0.2) is 87.5 Å². The molecule has 0 radical (unpaired) electrons. The van der Waals surface area contributed by atoms with Crippen molar-refractivity contribution in [3.63, 3.8) is 0 Å². The molecule has 16 heteroatoms. The van der Waals surface area contributed by atoms with Crippen LogP contribution < -0.4 is 102 Å². The van der Waals surface area contributed by atoms with Crippen molar-refractivity contribution < 1.29 is 128 Å². The summed E-state index contributed by atoms with van der Waals surface area (Å²) in [7, 11) is -14.4. The SMILES string of the molecule is O=S(=O)([O-])c1cccc([As](c2cccc(S(=O)(=O)[O-])c2)c2cccc(S(=O)(=O)[O-])c2)c1.[Na+].[Na+].[Na+]. The van der Waals surface area contributed by atoms with Crippen LogP contribution in [0.3, 0.4) is 0 Å². The standard InChI is InChI=1S/C18H15AsO9S3.3Na/c20-29(21,22)16-7-1-4-13(10-16)19(14-5-2-8-17(11-14)30(23,24)25)15-6-3-9-18(12-15)31(26,27)28;;;/h1-12H,(H,20,21,22)(H,23,24,25)(H,26,27,28);;;/q;3*+1/p-3. The fourth-order valence-corrected chi connectivity index (χ4v) is 9.95. The summed E-state index contributed by atoms with van der Waals surface area (Å²) in [5.74, 6) is 0. The van der Waals surface area contributed by atoms with Crippen molar-refractivity contribution in [3.05, 3.63) is 72.8 Å². The Hall–Kier alpha value is 0.948. The summed E-state index contributed by atoms with van der Waals surface area (Å²) in [5, 5.41) is 0. The van der Waals surface area contributed by atoms with Crippen LogP contribution in [0.4, 0.5) is 0 Å². The molecule has 0 aromatic heterocycles. The van der Waals surface area contributed by atoms with Crippen LogP contribution in [0.1, 0.15) is 0 Å². The van der Waals surface area contributed by atoms with Crippen LogP contribution in [0.5, 0.6) is 0 Å². The first-order chi connectivity index (χ1) is 14.3. The first-order valence-corrected chi connectivity index (χ1v) is 15.3. The third kappa shape index (κ3) is 9.05. The van der Waals surface area contributed by atoms with Crippen molar-refractivity contribution in [2.45, 2.75) is 14.7 Å². The molecule has 0 atom stereocenters. The van der Waals surface area contributed by atoms with Crippen LogP contribution in [-0.2, 0) is 30.4 Å². The Kier molecular flexibility index (Phi) is 14.0. The third-order valence-electron chi connectivity index (χ3n) is 4.09. The zero-order valence-corrected chi connectivity index (χ0v) is 28.6. The Morgan fingerprint density at radius 2 is 0.706 bits per heavy atom. The van der Waals surface area contributed by atoms with Gasteiger partial charge in [0.25, 0.3) is 0 Å². The van der Waals surface area contributed by atoms with Gasteiger partial charge in [-0.1, -0.05) is 0 Å². The van der Waals surface area contributed by atoms with Crippen LogP contribution in [0.2, 0.25) is 0 Å². The monoisotopic (exact) mass is 612 g/mol. The van der Waals surface area contributed by atoms with E-state index >= 15 is 0 Å². The molecule has 3 aromatic rings. The Bertz CT molecular complexity index is 1300. The van der Waals surface area contributed by atoms with Gasteiger partial charge in [-0.15, -0.1) is 0 Å². The smallest absolute Gasteiger partial charge is 1.00 e. The molecule has 0 amide bonds. The summed E-state index contributed by atoms with van der Waals surface area (Å²) in [5.41, 5.74) is 0. The van der Waals surface area contributed by atoms with Gasteiger partial charge in [-0.25, -0.2) is 0 Å². The van der Waals surface area contributed by atoms with E-state index < -0.39 is 59.7 Å². The normalized spacial score (nSPS) is 11.6. The molecular formula is C18H12AsNa3O9S3. The molecule has 0 aliphatic carbocycles. The van der Waals surface area contributed by atoms with E-state index in [2.05, 4.69) is 0 Å². The second kappa shape index (κ2) is 13.7. The first-order valence-electron chi connectivity index (χ1n) is 8.25. The van der Waals surface area contributed by atoms with E-state index in [0.29, 0.717) is 13.1 Å². The minimum absolute atomic E-state index is 0. The van der Waals surface area contributed by atoms with Gasteiger partial charge in [-0.05, 0) is 0 Å². The quantitative estimate of drug-likeness (QED) is 0.194. The summed E-state index contributed by atoms with van der Waals surface area (Å²) in [4.78, 5) is -1.57. The number of rotatable bonds is 6. The molecule has 164 valence electrons. The third-order valence-corrected chi connectivity index (χ3v) is 11.6. The molecule has 0 spiro atoms. The largest absolute Gasteiger partial charge is 1.00 e. The predicted molar refractivity (Wildman–Crippen MR) is 108 cm³/mol. The van der Waals surface area contributed by atoms with E-state index in [9.17, 15) is 38.9 Å². The van der Waals surface area contributed by atoms with E-state index in [1.54, 1.807) is 0 Å². The maximum Gasteiger partial charge on any atom is 1.00 e. The van der Waals surface area contributed by atoms with Gasteiger partial charge in [-0.2, -0.15) is 0 Å². The van der Waals surface area contributed by atoms with Crippen molar-refractivity contribution in [1.82, 2.24) is 0 Å². The molecule has 34 heavy (non-hydrogen) atoms. The van der Waals surface area contributed by atoms with Crippen molar-refractivity contribution in [2.75, 3.05) is 0 Å². The van der Waals surface area contributed by atoms with Gasteiger partial charge in [0, 0.05) is 0 Å². The molecule has 3 aromatic carbocycles. The molecule has 0 aliphatic rings. The molecule has 0 fully saturated rings. The van der Waals surface area contributed by atoms with E-state index in [4.69, 9.17) is 0 Å². The Morgan fingerprint density at radius 3 is 0.912 bits per heavy atom. The maximum atomic E-state index is 11.5. The molecular weight excluding hydrogens is 600 g/mol. The molecule has 0 unspecified atom stereocenters. The predicted octanol–water partition coefficient (Wildman–Crippen LogP) is -10.1. The summed E-state index contributed by atoms with van der Waals surface area (Å²) in [6, 6.07) is 15.1. The zero-order chi connectivity index (χ0) is 23.0. The van der Waals surface area contributed by atoms with Gasteiger partial charge in [0.15, 0.2) is 0 Å². The fourth-order valence-electron chi connectivity index (χ4n) is 2.78. The Labute approximate surface area is 269 Å². The summed E-state index contributed by atoms with van der Waals surface area (Å²) >= 11 is -2.91. The molecule has 0 N–H and O–H groups in total. The minimum Gasteiger partial charge on any atom is 1.00 e. The van der Waals surface area contributed by atoms with E-state index in [-0.39, 0.29) is 88.7 Å². The van der Waals surface area contributed by atoms with E-state index in [1.807, 2.05) is 0 Å². The summed E-state index contributed by atoms with van der Waals surface area (Å²) in [6.45, 7) is 0. The van der Waals surface area contributed by atoms with Crippen LogP contribution in [-0.4, -0.2) is 53.6 Å². The molecule has 0 heterocycles. The fraction of sp³-hybridized carbons (Fsp3) is 0. The number of hydrogen-bond acceptors (Lipinski definition) is 9. The van der Waals surface area contributed by atoms with Gasteiger partial charge < -0.3 is 0 Å². The molecule has 9 nitrogen and oxygen atoms in total. The molecule has 0 aliphatic heterocycles. The average molecular weight is 612 g/mol. The summed E-state index contributed by atoms with van der Waals surface area (Å²) in [6.07, 6.45) is 0. The minimum atomic E-state index is -4.80. The molecule has 0 saturated heterocycles. The van der Waals surface area contributed by atoms with Gasteiger partial charge in [0.05, 0.1) is 0 Å². The van der Waals surface area contributed by atoms with Gasteiger partial charge in [-0.3, -0.25) is 0 Å². The molecule has 0 saturated carbocycles. The van der Waals surface area contributed by atoms with Crippen molar-refractivity contribution in [3.8, 4) is 0 Å². The zero-order valence-electron chi connectivity index (χ0n) is 18.3. The van der Waals surface area contributed by atoms with Crippen molar-refractivity contribution in [2.24, 2.45) is 0 Å². The summed E-state index contributed by atoms with van der Waals surface area (Å²) < 4.78 is 104. The van der Waals surface area contributed by atoms with Gasteiger partial charge in [0.2, 0.25) is 0 Å². The van der Waals surface area contributed by atoms with Gasteiger partial charge >= 0.3 is 273 Å². The number of hydrogen-bond donors (Lipinski definition) is 0. The van der Waals surface area contributed by atoms with E-state index in [1.165, 1.54) is 36.4 Å². The Balaban J connectivity index is 0.00000363. The van der Waals surface area contributed by atoms with Crippen molar-refractivity contribution >= 4 is 58.1 Å². The van der Waals surface area contributed by atoms with Crippen LogP contribution >= 0.6 is 0 Å². The maximum absolute atomic E-state index is 11.5. The molecule has 0 bridgehead atoms. The van der Waals surface area contributed by atoms with Crippen molar-refractivity contribution in [1.29, 1.82) is 0 Å².